The topological polar surface area (TPSA) is 64.8 Å². The zero-order valence-electron chi connectivity index (χ0n) is 13.9. The van der Waals surface area contributed by atoms with Gasteiger partial charge in [0.05, 0.1) is 18.2 Å². The average Bonchev–Trinajstić information content (AvgIpc) is 3.20. The van der Waals surface area contributed by atoms with E-state index in [9.17, 15) is 4.79 Å². The molecule has 1 amide bonds. The number of fused-ring (bicyclic) bond motifs is 1. The molecule has 1 aromatic carbocycles. The SMILES string of the molecule is Cc1cc(CC(=O)N2CCCC[C@@H]2c2cc3ccccc3[nH]2)n[nH]1. The van der Waals surface area contributed by atoms with E-state index in [0.717, 1.165) is 48.4 Å². The molecule has 4 rings (SSSR count). The van der Waals surface area contributed by atoms with Gasteiger partial charge in [0.1, 0.15) is 0 Å². The first-order valence-electron chi connectivity index (χ1n) is 8.59. The summed E-state index contributed by atoms with van der Waals surface area (Å²) < 4.78 is 0. The Hall–Kier alpha value is -2.56. The van der Waals surface area contributed by atoms with Gasteiger partial charge < -0.3 is 9.88 Å². The minimum atomic E-state index is 0.138. The molecule has 3 heterocycles. The monoisotopic (exact) mass is 322 g/mol. The Bertz CT molecular complexity index is 830. The number of benzene rings is 1. The summed E-state index contributed by atoms with van der Waals surface area (Å²) in [6, 6.07) is 12.5. The number of nitrogens with zero attached hydrogens (tertiary/aromatic N) is 2. The van der Waals surface area contributed by atoms with Crippen molar-refractivity contribution >= 4 is 16.8 Å². The summed E-state index contributed by atoms with van der Waals surface area (Å²) >= 11 is 0. The molecule has 0 radical (unpaired) electrons. The molecule has 0 spiro atoms. The van der Waals surface area contributed by atoms with E-state index in [1.807, 2.05) is 30.0 Å². The predicted molar refractivity (Wildman–Crippen MR) is 93.6 cm³/mol. The van der Waals surface area contributed by atoms with Crippen molar-refractivity contribution in [2.75, 3.05) is 6.54 Å². The Morgan fingerprint density at radius 1 is 1.29 bits per heavy atom. The van der Waals surface area contributed by atoms with Crippen molar-refractivity contribution in [2.24, 2.45) is 0 Å². The second-order valence-electron chi connectivity index (χ2n) is 6.63. The van der Waals surface area contributed by atoms with E-state index >= 15 is 0 Å². The Balaban J connectivity index is 1.59. The summed E-state index contributed by atoms with van der Waals surface area (Å²) in [5.41, 5.74) is 4.08. The van der Waals surface area contributed by atoms with Crippen LogP contribution in [0.5, 0.6) is 0 Å². The summed E-state index contributed by atoms with van der Waals surface area (Å²) in [5, 5.41) is 8.32. The summed E-state index contributed by atoms with van der Waals surface area (Å²) in [7, 11) is 0. The highest BCUT2D eigenvalue weighted by atomic mass is 16.2. The Morgan fingerprint density at radius 3 is 2.96 bits per heavy atom. The predicted octanol–water partition coefficient (Wildman–Crippen LogP) is 3.50. The third kappa shape index (κ3) is 2.82. The normalized spacial score (nSPS) is 18.2. The summed E-state index contributed by atoms with van der Waals surface area (Å²) in [5.74, 6) is 0.157. The molecule has 24 heavy (non-hydrogen) atoms. The van der Waals surface area contributed by atoms with Gasteiger partial charge in [0, 0.05) is 23.4 Å². The molecule has 0 unspecified atom stereocenters. The van der Waals surface area contributed by atoms with Gasteiger partial charge in [-0.05, 0) is 49.8 Å². The molecular formula is C19H22N4O. The van der Waals surface area contributed by atoms with Gasteiger partial charge in [0.2, 0.25) is 5.91 Å². The Labute approximate surface area is 141 Å². The van der Waals surface area contributed by atoms with E-state index in [1.165, 1.54) is 5.39 Å². The molecule has 1 atom stereocenters. The lowest BCUT2D eigenvalue weighted by molar-refractivity contribution is -0.134. The number of aromatic amines is 2. The number of nitrogens with one attached hydrogen (secondary N) is 2. The summed E-state index contributed by atoms with van der Waals surface area (Å²) in [6.45, 7) is 2.78. The molecule has 3 aromatic rings. The lowest BCUT2D eigenvalue weighted by atomic mass is 9.98. The highest BCUT2D eigenvalue weighted by molar-refractivity contribution is 5.82. The van der Waals surface area contributed by atoms with Crippen LogP contribution in [-0.4, -0.2) is 32.5 Å². The van der Waals surface area contributed by atoms with Gasteiger partial charge in [0.15, 0.2) is 0 Å². The van der Waals surface area contributed by atoms with Gasteiger partial charge in [-0.3, -0.25) is 9.89 Å². The van der Waals surface area contributed by atoms with Crippen LogP contribution in [0.25, 0.3) is 10.9 Å². The van der Waals surface area contributed by atoms with E-state index < -0.39 is 0 Å². The molecule has 0 bridgehead atoms. The molecule has 2 aromatic heterocycles. The maximum Gasteiger partial charge on any atom is 0.229 e. The second-order valence-corrected chi connectivity index (χ2v) is 6.63. The lowest BCUT2D eigenvalue weighted by Crippen LogP contribution is -2.39. The van der Waals surface area contributed by atoms with Crippen LogP contribution in [0.4, 0.5) is 0 Å². The van der Waals surface area contributed by atoms with E-state index in [0.29, 0.717) is 6.42 Å². The summed E-state index contributed by atoms with van der Waals surface area (Å²) in [6.07, 6.45) is 3.60. The number of carbonyl (C=O) groups is 1. The summed E-state index contributed by atoms with van der Waals surface area (Å²) in [4.78, 5) is 18.4. The quantitative estimate of drug-likeness (QED) is 0.775. The maximum absolute atomic E-state index is 12.8. The van der Waals surface area contributed by atoms with Gasteiger partial charge >= 0.3 is 0 Å². The van der Waals surface area contributed by atoms with Crippen molar-refractivity contribution in [1.29, 1.82) is 0 Å². The van der Waals surface area contributed by atoms with Crippen LogP contribution in [0.2, 0.25) is 0 Å². The molecule has 1 fully saturated rings. The third-order valence-electron chi connectivity index (χ3n) is 4.82. The molecule has 124 valence electrons. The number of aromatic nitrogens is 3. The number of likely N-dealkylation sites (tertiary alicyclic amines) is 1. The molecule has 5 nitrogen and oxygen atoms in total. The van der Waals surface area contributed by atoms with Crippen molar-refractivity contribution in [3.05, 3.63) is 53.5 Å². The first kappa shape index (κ1) is 15.0. The van der Waals surface area contributed by atoms with Crippen molar-refractivity contribution in [3.8, 4) is 0 Å². The van der Waals surface area contributed by atoms with Crippen molar-refractivity contribution in [2.45, 2.75) is 38.6 Å². The lowest BCUT2D eigenvalue weighted by Gasteiger charge is -2.35. The number of carbonyl (C=O) groups excluding carboxylic acids is 1. The Morgan fingerprint density at radius 2 is 2.17 bits per heavy atom. The number of piperidine rings is 1. The van der Waals surface area contributed by atoms with Gasteiger partial charge in [-0.2, -0.15) is 5.10 Å². The fraction of sp³-hybridized carbons (Fsp3) is 0.368. The standard InChI is InChI=1S/C19H22N4O/c1-13-10-15(22-21-13)12-19(24)23-9-5-4-8-18(23)17-11-14-6-2-3-7-16(14)20-17/h2-3,6-7,10-11,18,20H,4-5,8-9,12H2,1H3,(H,21,22)/t18-/m1/s1. The first-order valence-corrected chi connectivity index (χ1v) is 8.59. The zero-order chi connectivity index (χ0) is 16.5. The van der Waals surface area contributed by atoms with Crippen LogP contribution >= 0.6 is 0 Å². The number of hydrogen-bond acceptors (Lipinski definition) is 2. The number of rotatable bonds is 3. The van der Waals surface area contributed by atoms with E-state index in [-0.39, 0.29) is 11.9 Å². The van der Waals surface area contributed by atoms with Gasteiger partial charge in [-0.15, -0.1) is 0 Å². The highest BCUT2D eigenvalue weighted by Crippen LogP contribution is 2.32. The molecule has 0 aliphatic carbocycles. The minimum absolute atomic E-state index is 0.138. The van der Waals surface area contributed by atoms with Crippen molar-refractivity contribution in [1.82, 2.24) is 20.1 Å². The zero-order valence-corrected chi connectivity index (χ0v) is 13.9. The molecular weight excluding hydrogens is 300 g/mol. The molecule has 1 saturated heterocycles. The molecule has 0 saturated carbocycles. The number of amides is 1. The van der Waals surface area contributed by atoms with Crippen LogP contribution in [0, 0.1) is 6.92 Å². The number of hydrogen-bond donors (Lipinski definition) is 2. The fourth-order valence-electron chi connectivity index (χ4n) is 3.65. The highest BCUT2D eigenvalue weighted by Gasteiger charge is 2.29. The largest absolute Gasteiger partial charge is 0.357 e. The van der Waals surface area contributed by atoms with Crippen LogP contribution in [0.1, 0.15) is 42.4 Å². The smallest absolute Gasteiger partial charge is 0.229 e. The molecule has 5 heteroatoms. The van der Waals surface area contributed by atoms with Crippen LogP contribution < -0.4 is 0 Å². The number of H-pyrrole nitrogens is 2. The van der Waals surface area contributed by atoms with E-state index in [2.05, 4.69) is 33.4 Å². The van der Waals surface area contributed by atoms with Gasteiger partial charge in [0.25, 0.3) is 0 Å². The average molecular weight is 322 g/mol. The van der Waals surface area contributed by atoms with Crippen LogP contribution in [-0.2, 0) is 11.2 Å². The Kier molecular flexibility index (Phi) is 3.84. The molecule has 1 aliphatic heterocycles. The maximum atomic E-state index is 12.8. The first-order chi connectivity index (χ1) is 11.7. The van der Waals surface area contributed by atoms with Crippen molar-refractivity contribution in [3.63, 3.8) is 0 Å². The molecule has 1 aliphatic rings. The number of aryl methyl sites for hydroxylation is 1. The van der Waals surface area contributed by atoms with E-state index in [4.69, 9.17) is 0 Å². The minimum Gasteiger partial charge on any atom is -0.357 e. The second kappa shape index (κ2) is 6.15. The fourth-order valence-corrected chi connectivity index (χ4v) is 3.65. The van der Waals surface area contributed by atoms with Crippen LogP contribution in [0.15, 0.2) is 36.4 Å². The molecule has 2 N–H and O–H groups in total. The van der Waals surface area contributed by atoms with Gasteiger partial charge in [-0.1, -0.05) is 18.2 Å². The van der Waals surface area contributed by atoms with Crippen LogP contribution in [0.3, 0.4) is 0 Å². The number of para-hydroxylation sites is 1. The van der Waals surface area contributed by atoms with Crippen molar-refractivity contribution < 1.29 is 4.79 Å². The third-order valence-corrected chi connectivity index (χ3v) is 4.82. The van der Waals surface area contributed by atoms with Gasteiger partial charge in [-0.25, -0.2) is 0 Å². The van der Waals surface area contributed by atoms with E-state index in [1.54, 1.807) is 0 Å².